The summed E-state index contributed by atoms with van der Waals surface area (Å²) in [5.74, 6) is -0.486. The van der Waals surface area contributed by atoms with Crippen molar-refractivity contribution < 1.29 is 17.9 Å². The van der Waals surface area contributed by atoms with Crippen LogP contribution in [0.25, 0.3) is 0 Å². The second kappa shape index (κ2) is 5.54. The molecule has 0 aromatic carbocycles. The molecule has 1 aromatic heterocycles. The van der Waals surface area contributed by atoms with Gasteiger partial charge in [0.1, 0.15) is 16.7 Å². The van der Waals surface area contributed by atoms with Gasteiger partial charge in [-0.1, -0.05) is 0 Å². The standard InChI is InChI=1S/C12H16ClNO4S/c1-2-14-8-10(19(13,16)17)7-11(14)12(15)18-9-5-3-4-6-9/h7-9H,2-6H2,1H3. The number of carbonyl (C=O) groups excluding carboxylic acids is 1. The van der Waals surface area contributed by atoms with Crippen LogP contribution < -0.4 is 0 Å². The van der Waals surface area contributed by atoms with Gasteiger partial charge in [-0.2, -0.15) is 0 Å². The minimum absolute atomic E-state index is 0.0521. The Balaban J connectivity index is 2.22. The van der Waals surface area contributed by atoms with Crippen LogP contribution in [0.2, 0.25) is 0 Å². The fourth-order valence-electron chi connectivity index (χ4n) is 2.27. The molecular weight excluding hydrogens is 290 g/mol. The molecule has 1 aliphatic carbocycles. The van der Waals surface area contributed by atoms with Crippen molar-refractivity contribution in [3.8, 4) is 0 Å². The van der Waals surface area contributed by atoms with E-state index in [0.29, 0.717) is 6.54 Å². The van der Waals surface area contributed by atoms with E-state index in [1.807, 2.05) is 6.92 Å². The first-order chi connectivity index (χ1) is 8.91. The number of aromatic nitrogens is 1. The molecule has 0 N–H and O–H groups in total. The summed E-state index contributed by atoms with van der Waals surface area (Å²) in [4.78, 5) is 12.0. The highest BCUT2D eigenvalue weighted by molar-refractivity contribution is 8.13. The van der Waals surface area contributed by atoms with Gasteiger partial charge >= 0.3 is 5.97 Å². The monoisotopic (exact) mass is 305 g/mol. The summed E-state index contributed by atoms with van der Waals surface area (Å²) in [6.45, 7) is 2.29. The highest BCUT2D eigenvalue weighted by atomic mass is 35.7. The SMILES string of the molecule is CCn1cc(S(=O)(=O)Cl)cc1C(=O)OC1CCCC1. The zero-order valence-electron chi connectivity index (χ0n) is 10.6. The second-order valence-electron chi connectivity index (χ2n) is 4.60. The van der Waals surface area contributed by atoms with Gasteiger partial charge in [0.2, 0.25) is 0 Å². The molecule has 1 fully saturated rings. The van der Waals surface area contributed by atoms with Crippen LogP contribution >= 0.6 is 10.7 Å². The summed E-state index contributed by atoms with van der Waals surface area (Å²) in [5.41, 5.74) is 0.230. The summed E-state index contributed by atoms with van der Waals surface area (Å²) in [6.07, 6.45) is 5.18. The van der Waals surface area contributed by atoms with Gasteiger partial charge in [-0.25, -0.2) is 13.2 Å². The highest BCUT2D eigenvalue weighted by Crippen LogP contribution is 2.24. The quantitative estimate of drug-likeness (QED) is 0.633. The van der Waals surface area contributed by atoms with E-state index in [1.165, 1.54) is 16.8 Å². The first-order valence-corrected chi connectivity index (χ1v) is 8.58. The van der Waals surface area contributed by atoms with E-state index < -0.39 is 15.0 Å². The molecule has 0 saturated heterocycles. The molecule has 2 rings (SSSR count). The Hall–Kier alpha value is -1.01. The van der Waals surface area contributed by atoms with Gasteiger partial charge in [-0.3, -0.25) is 0 Å². The lowest BCUT2D eigenvalue weighted by molar-refractivity contribution is 0.0305. The third-order valence-corrected chi connectivity index (χ3v) is 4.60. The van der Waals surface area contributed by atoms with E-state index >= 15 is 0 Å². The summed E-state index contributed by atoms with van der Waals surface area (Å²) in [7, 11) is 1.45. The third kappa shape index (κ3) is 3.30. The average Bonchev–Trinajstić information content (AvgIpc) is 2.95. The van der Waals surface area contributed by atoms with Crippen LogP contribution in [0.5, 0.6) is 0 Å². The molecule has 0 aliphatic heterocycles. The van der Waals surface area contributed by atoms with Crippen LogP contribution in [0, 0.1) is 0 Å². The maximum absolute atomic E-state index is 12.0. The van der Waals surface area contributed by atoms with Gasteiger partial charge in [0.25, 0.3) is 9.05 Å². The van der Waals surface area contributed by atoms with E-state index in [9.17, 15) is 13.2 Å². The molecule has 5 nitrogen and oxygen atoms in total. The van der Waals surface area contributed by atoms with Crippen LogP contribution in [0.3, 0.4) is 0 Å². The minimum atomic E-state index is -3.83. The second-order valence-corrected chi connectivity index (χ2v) is 7.16. The molecule has 7 heteroatoms. The molecule has 19 heavy (non-hydrogen) atoms. The van der Waals surface area contributed by atoms with Crippen LogP contribution in [-0.2, 0) is 20.3 Å². The maximum Gasteiger partial charge on any atom is 0.355 e. The van der Waals surface area contributed by atoms with Crippen LogP contribution in [0.15, 0.2) is 17.2 Å². The minimum Gasteiger partial charge on any atom is -0.458 e. The molecule has 1 heterocycles. The van der Waals surface area contributed by atoms with Gasteiger partial charge in [0.05, 0.1) is 0 Å². The summed E-state index contributed by atoms with van der Waals surface area (Å²) in [6, 6.07) is 1.27. The number of carbonyl (C=O) groups is 1. The smallest absolute Gasteiger partial charge is 0.355 e. The van der Waals surface area contributed by atoms with Crippen molar-refractivity contribution in [2.24, 2.45) is 0 Å². The van der Waals surface area contributed by atoms with E-state index in [0.717, 1.165) is 25.7 Å². The Kier molecular flexibility index (Phi) is 4.20. The number of ether oxygens (including phenoxy) is 1. The number of aryl methyl sites for hydroxylation is 1. The Morgan fingerprint density at radius 2 is 2.11 bits per heavy atom. The van der Waals surface area contributed by atoms with Gasteiger partial charge < -0.3 is 9.30 Å². The van der Waals surface area contributed by atoms with Crippen LogP contribution in [0.1, 0.15) is 43.1 Å². The number of halogens is 1. The van der Waals surface area contributed by atoms with Crippen molar-refractivity contribution >= 4 is 25.7 Å². The molecule has 0 bridgehead atoms. The lowest BCUT2D eigenvalue weighted by atomic mass is 10.3. The number of hydrogen-bond acceptors (Lipinski definition) is 4. The fraction of sp³-hybridized carbons (Fsp3) is 0.583. The molecule has 0 spiro atoms. The Labute approximate surface area is 116 Å². The zero-order valence-corrected chi connectivity index (χ0v) is 12.2. The molecule has 1 saturated carbocycles. The average molecular weight is 306 g/mol. The van der Waals surface area contributed by atoms with Crippen molar-refractivity contribution in [3.05, 3.63) is 18.0 Å². The topological polar surface area (TPSA) is 65.4 Å². The molecule has 0 unspecified atom stereocenters. The number of hydrogen-bond donors (Lipinski definition) is 0. The zero-order chi connectivity index (χ0) is 14.0. The first kappa shape index (κ1) is 14.4. The largest absolute Gasteiger partial charge is 0.458 e. The van der Waals surface area contributed by atoms with Crippen LogP contribution in [-0.4, -0.2) is 25.1 Å². The molecule has 0 amide bonds. The molecule has 1 aliphatic rings. The number of nitrogens with zero attached hydrogens (tertiary/aromatic N) is 1. The van der Waals surface area contributed by atoms with Crippen molar-refractivity contribution in [1.82, 2.24) is 4.57 Å². The predicted octanol–water partition coefficient (Wildman–Crippen LogP) is 2.53. The summed E-state index contributed by atoms with van der Waals surface area (Å²) in [5, 5.41) is 0. The highest BCUT2D eigenvalue weighted by Gasteiger charge is 2.24. The van der Waals surface area contributed by atoms with Gasteiger partial charge in [0, 0.05) is 23.4 Å². The lowest BCUT2D eigenvalue weighted by Crippen LogP contribution is -2.17. The van der Waals surface area contributed by atoms with E-state index in [1.54, 1.807) is 0 Å². The maximum atomic E-state index is 12.0. The fourth-order valence-corrected chi connectivity index (χ4v) is 3.03. The van der Waals surface area contributed by atoms with Crippen molar-refractivity contribution in [3.63, 3.8) is 0 Å². The number of rotatable bonds is 4. The van der Waals surface area contributed by atoms with Gasteiger partial charge in [-0.15, -0.1) is 0 Å². The van der Waals surface area contributed by atoms with E-state index in [4.69, 9.17) is 15.4 Å². The van der Waals surface area contributed by atoms with Crippen LogP contribution in [0.4, 0.5) is 0 Å². The molecular formula is C12H16ClNO4S. The molecule has 106 valence electrons. The number of esters is 1. The normalized spacial score (nSPS) is 16.7. The molecule has 0 atom stereocenters. The van der Waals surface area contributed by atoms with Gasteiger partial charge in [-0.05, 0) is 38.7 Å². The summed E-state index contributed by atoms with van der Waals surface area (Å²) >= 11 is 0. The lowest BCUT2D eigenvalue weighted by Gasteiger charge is -2.12. The Bertz CT molecular complexity index is 573. The van der Waals surface area contributed by atoms with Crippen molar-refractivity contribution in [1.29, 1.82) is 0 Å². The van der Waals surface area contributed by atoms with E-state index in [2.05, 4.69) is 0 Å². The van der Waals surface area contributed by atoms with Gasteiger partial charge in [0.15, 0.2) is 0 Å². The summed E-state index contributed by atoms with van der Waals surface area (Å²) < 4.78 is 29.5. The van der Waals surface area contributed by atoms with Crippen molar-refractivity contribution in [2.75, 3.05) is 0 Å². The Morgan fingerprint density at radius 1 is 1.47 bits per heavy atom. The third-order valence-electron chi connectivity index (χ3n) is 3.28. The molecule has 0 radical (unpaired) electrons. The Morgan fingerprint density at radius 3 is 2.63 bits per heavy atom. The predicted molar refractivity (Wildman–Crippen MR) is 70.8 cm³/mol. The molecule has 1 aromatic rings. The van der Waals surface area contributed by atoms with E-state index in [-0.39, 0.29) is 16.7 Å². The first-order valence-electron chi connectivity index (χ1n) is 6.27. The van der Waals surface area contributed by atoms with Crippen molar-refractivity contribution in [2.45, 2.75) is 50.2 Å².